The van der Waals surface area contributed by atoms with Crippen LogP contribution in [0.25, 0.3) is 0 Å². The van der Waals surface area contributed by atoms with Gasteiger partial charge in [0.2, 0.25) is 11.8 Å². The molecule has 3 atom stereocenters. The first-order chi connectivity index (χ1) is 13.9. The summed E-state index contributed by atoms with van der Waals surface area (Å²) in [4.78, 5) is 27.9. The molecule has 1 saturated heterocycles. The summed E-state index contributed by atoms with van der Waals surface area (Å²) in [6.07, 6.45) is 9.18. The second kappa shape index (κ2) is 12.8. The molecule has 1 aliphatic carbocycles. The Bertz CT molecular complexity index is 498. The molecule has 0 aromatic heterocycles. The Hall–Kier alpha value is -0.750. The van der Waals surface area contributed by atoms with E-state index >= 15 is 0 Å². The SMILES string of the molecule is CSCCC(NC(=O)C1CCC(C)CC1)C(=O)NCCCN1CC(C)CC(C)C1. The van der Waals surface area contributed by atoms with Crippen LogP contribution < -0.4 is 10.6 Å². The van der Waals surface area contributed by atoms with Crippen molar-refractivity contribution < 1.29 is 9.59 Å². The lowest BCUT2D eigenvalue weighted by Crippen LogP contribution is -2.49. The molecule has 2 aliphatic rings. The maximum atomic E-state index is 12.7. The number of hydrogen-bond donors (Lipinski definition) is 2. The fourth-order valence-corrected chi connectivity index (χ4v) is 5.40. The van der Waals surface area contributed by atoms with Crippen molar-refractivity contribution in [3.63, 3.8) is 0 Å². The lowest BCUT2D eigenvalue weighted by atomic mass is 9.82. The number of hydrogen-bond acceptors (Lipinski definition) is 4. The fourth-order valence-electron chi connectivity index (χ4n) is 4.93. The third-order valence-electron chi connectivity index (χ3n) is 6.53. The second-order valence-electron chi connectivity index (χ2n) is 9.65. The minimum atomic E-state index is -0.399. The van der Waals surface area contributed by atoms with Crippen molar-refractivity contribution in [2.45, 2.75) is 71.8 Å². The number of likely N-dealkylation sites (tertiary alicyclic amines) is 1. The van der Waals surface area contributed by atoms with E-state index in [1.54, 1.807) is 11.8 Å². The molecule has 5 nitrogen and oxygen atoms in total. The van der Waals surface area contributed by atoms with E-state index in [4.69, 9.17) is 0 Å². The van der Waals surface area contributed by atoms with Crippen LogP contribution in [0.1, 0.15) is 65.7 Å². The molecule has 3 unspecified atom stereocenters. The monoisotopic (exact) mass is 425 g/mol. The van der Waals surface area contributed by atoms with Crippen LogP contribution in [0.15, 0.2) is 0 Å². The van der Waals surface area contributed by atoms with Gasteiger partial charge in [-0.1, -0.05) is 20.8 Å². The maximum Gasteiger partial charge on any atom is 0.242 e. The van der Waals surface area contributed by atoms with Crippen molar-refractivity contribution in [1.29, 1.82) is 0 Å². The van der Waals surface area contributed by atoms with Gasteiger partial charge in [-0.05, 0) is 81.3 Å². The van der Waals surface area contributed by atoms with E-state index in [1.807, 2.05) is 6.26 Å². The van der Waals surface area contributed by atoms with E-state index < -0.39 is 6.04 Å². The minimum Gasteiger partial charge on any atom is -0.354 e. The number of piperidine rings is 1. The number of carbonyl (C=O) groups excluding carboxylic acids is 2. The first-order valence-electron chi connectivity index (χ1n) is 11.7. The summed E-state index contributed by atoms with van der Waals surface area (Å²) in [5, 5.41) is 6.14. The Morgan fingerprint density at radius 3 is 2.31 bits per heavy atom. The molecule has 0 aromatic carbocycles. The average molecular weight is 426 g/mol. The molecule has 2 amide bonds. The molecule has 0 radical (unpaired) electrons. The Labute approximate surface area is 182 Å². The van der Waals surface area contributed by atoms with Gasteiger partial charge >= 0.3 is 0 Å². The summed E-state index contributed by atoms with van der Waals surface area (Å²) in [5.74, 6) is 3.28. The molecule has 0 spiro atoms. The predicted octanol–water partition coefficient (Wildman–Crippen LogP) is 3.53. The van der Waals surface area contributed by atoms with E-state index in [9.17, 15) is 9.59 Å². The quantitative estimate of drug-likeness (QED) is 0.526. The fraction of sp³-hybridized carbons (Fsp3) is 0.913. The largest absolute Gasteiger partial charge is 0.354 e. The zero-order valence-electron chi connectivity index (χ0n) is 19.0. The van der Waals surface area contributed by atoms with Crippen LogP contribution in [0.4, 0.5) is 0 Å². The van der Waals surface area contributed by atoms with Crippen LogP contribution in [0.5, 0.6) is 0 Å². The molecule has 1 saturated carbocycles. The Balaban J connectivity index is 1.73. The smallest absolute Gasteiger partial charge is 0.242 e. The molecule has 1 aliphatic heterocycles. The van der Waals surface area contributed by atoms with Gasteiger partial charge in [0.1, 0.15) is 6.04 Å². The zero-order valence-corrected chi connectivity index (χ0v) is 19.9. The molecule has 0 bridgehead atoms. The standard InChI is InChI=1S/C23H43N3O2S/c1-17-6-8-20(9-7-17)22(27)25-21(10-13-29-4)23(28)24-11-5-12-26-15-18(2)14-19(3)16-26/h17-21H,5-16H2,1-4H3,(H,24,28)(H,25,27). The van der Waals surface area contributed by atoms with Gasteiger partial charge in [0.15, 0.2) is 0 Å². The van der Waals surface area contributed by atoms with Gasteiger partial charge in [-0.2, -0.15) is 11.8 Å². The summed E-state index contributed by atoms with van der Waals surface area (Å²) in [5.41, 5.74) is 0. The second-order valence-corrected chi connectivity index (χ2v) is 10.6. The van der Waals surface area contributed by atoms with Crippen molar-refractivity contribution in [1.82, 2.24) is 15.5 Å². The molecule has 6 heteroatoms. The first kappa shape index (κ1) is 24.5. The van der Waals surface area contributed by atoms with E-state index in [1.165, 1.54) is 19.5 Å². The minimum absolute atomic E-state index is 0.0167. The van der Waals surface area contributed by atoms with Crippen molar-refractivity contribution in [2.24, 2.45) is 23.7 Å². The first-order valence-corrected chi connectivity index (χ1v) is 13.1. The average Bonchev–Trinajstić information content (AvgIpc) is 2.68. The van der Waals surface area contributed by atoms with Gasteiger partial charge in [-0.15, -0.1) is 0 Å². The van der Waals surface area contributed by atoms with Gasteiger partial charge < -0.3 is 15.5 Å². The van der Waals surface area contributed by atoms with Crippen molar-refractivity contribution in [3.05, 3.63) is 0 Å². The molecule has 29 heavy (non-hydrogen) atoms. The topological polar surface area (TPSA) is 61.4 Å². The van der Waals surface area contributed by atoms with Crippen LogP contribution in [-0.4, -0.2) is 60.9 Å². The van der Waals surface area contributed by atoms with Crippen LogP contribution in [0.2, 0.25) is 0 Å². The summed E-state index contributed by atoms with van der Waals surface area (Å²) in [6.45, 7) is 11.0. The zero-order chi connectivity index (χ0) is 21.2. The third-order valence-corrected chi connectivity index (χ3v) is 7.17. The summed E-state index contributed by atoms with van der Waals surface area (Å²) >= 11 is 1.72. The summed E-state index contributed by atoms with van der Waals surface area (Å²) in [6, 6.07) is -0.399. The normalized spacial score (nSPS) is 29.2. The highest BCUT2D eigenvalue weighted by Crippen LogP contribution is 2.28. The summed E-state index contributed by atoms with van der Waals surface area (Å²) < 4.78 is 0. The predicted molar refractivity (Wildman–Crippen MR) is 123 cm³/mol. The highest BCUT2D eigenvalue weighted by Gasteiger charge is 2.28. The molecule has 2 rings (SSSR count). The van der Waals surface area contributed by atoms with Crippen LogP contribution >= 0.6 is 11.8 Å². The van der Waals surface area contributed by atoms with Gasteiger partial charge in [0, 0.05) is 25.6 Å². The third kappa shape index (κ3) is 8.87. The van der Waals surface area contributed by atoms with Crippen LogP contribution in [0, 0.1) is 23.7 Å². The van der Waals surface area contributed by atoms with E-state index in [-0.39, 0.29) is 17.7 Å². The molecular weight excluding hydrogens is 382 g/mol. The number of thioether (sulfide) groups is 1. The maximum absolute atomic E-state index is 12.7. The van der Waals surface area contributed by atoms with Gasteiger partial charge in [-0.25, -0.2) is 0 Å². The van der Waals surface area contributed by atoms with Gasteiger partial charge in [-0.3, -0.25) is 9.59 Å². The van der Waals surface area contributed by atoms with E-state index in [0.29, 0.717) is 13.0 Å². The van der Waals surface area contributed by atoms with Crippen LogP contribution in [0.3, 0.4) is 0 Å². The number of amides is 2. The number of nitrogens with one attached hydrogen (secondary N) is 2. The Kier molecular flexibility index (Phi) is 10.9. The molecule has 2 N–H and O–H groups in total. The van der Waals surface area contributed by atoms with Crippen molar-refractivity contribution in [2.75, 3.05) is 38.2 Å². The highest BCUT2D eigenvalue weighted by molar-refractivity contribution is 7.98. The van der Waals surface area contributed by atoms with Gasteiger partial charge in [0.05, 0.1) is 0 Å². The van der Waals surface area contributed by atoms with E-state index in [0.717, 1.165) is 62.2 Å². The summed E-state index contributed by atoms with van der Waals surface area (Å²) in [7, 11) is 0. The molecular formula is C23H43N3O2S. The van der Waals surface area contributed by atoms with Crippen LogP contribution in [-0.2, 0) is 9.59 Å². The van der Waals surface area contributed by atoms with E-state index in [2.05, 4.69) is 36.3 Å². The Morgan fingerprint density at radius 1 is 1.03 bits per heavy atom. The number of carbonyl (C=O) groups is 2. The van der Waals surface area contributed by atoms with Crippen molar-refractivity contribution in [3.8, 4) is 0 Å². The molecule has 1 heterocycles. The van der Waals surface area contributed by atoms with Crippen molar-refractivity contribution >= 4 is 23.6 Å². The van der Waals surface area contributed by atoms with Gasteiger partial charge in [0.25, 0.3) is 0 Å². The lowest BCUT2D eigenvalue weighted by Gasteiger charge is -2.35. The number of nitrogens with zero attached hydrogens (tertiary/aromatic N) is 1. The lowest BCUT2D eigenvalue weighted by molar-refractivity contribution is -0.132. The molecule has 0 aromatic rings. The molecule has 168 valence electrons. The highest BCUT2D eigenvalue weighted by atomic mass is 32.2. The molecule has 2 fully saturated rings. The number of rotatable bonds is 10. The Morgan fingerprint density at radius 2 is 1.69 bits per heavy atom.